The lowest BCUT2D eigenvalue weighted by Crippen LogP contribution is -2.15. The Hall–Kier alpha value is -2.43. The van der Waals surface area contributed by atoms with Crippen LogP contribution in [0.4, 0.5) is 0 Å². The van der Waals surface area contributed by atoms with Crippen LogP contribution in [0, 0.1) is 11.8 Å². The summed E-state index contributed by atoms with van der Waals surface area (Å²) in [6.45, 7) is 0. The monoisotopic (exact) mass is 412 g/mol. The highest BCUT2D eigenvalue weighted by Crippen LogP contribution is 2.33. The second kappa shape index (κ2) is 9.86. The number of carboxylic acid groups (broad SMARTS) is 1. The number of carbonyl (C=O) groups excluding carboxylic acids is 1. The van der Waals surface area contributed by atoms with E-state index in [-0.39, 0.29) is 23.2 Å². The third kappa shape index (κ3) is 6.02. The van der Waals surface area contributed by atoms with E-state index >= 15 is 0 Å². The van der Waals surface area contributed by atoms with Gasteiger partial charge >= 0.3 is 5.97 Å². The number of benzene rings is 2. The van der Waals surface area contributed by atoms with Gasteiger partial charge in [-0.2, -0.15) is 0 Å². The molecule has 5 heteroatoms. The zero-order valence-corrected chi connectivity index (χ0v) is 16.9. The molecule has 1 fully saturated rings. The van der Waals surface area contributed by atoms with Gasteiger partial charge in [-0.1, -0.05) is 48.0 Å². The maximum atomic E-state index is 12.3. The number of allylic oxidation sites excluding steroid dienone is 1. The lowest BCUT2D eigenvalue weighted by Gasteiger charge is -2.16. The van der Waals surface area contributed by atoms with Crippen LogP contribution in [0.2, 0.25) is 5.02 Å². The summed E-state index contributed by atoms with van der Waals surface area (Å²) in [6.07, 6.45) is 6.48. The van der Waals surface area contributed by atoms with Crippen LogP contribution in [0.25, 0.3) is 0 Å². The number of ketones is 1. The number of rotatable bonds is 8. The number of Topliss-reactive ketones (excluding diaryl/α,β-unsaturated/α-hetero) is 1. The summed E-state index contributed by atoms with van der Waals surface area (Å²) in [5, 5.41) is 20.0. The molecular weight excluding hydrogens is 388 g/mol. The molecule has 2 aromatic rings. The Kier molecular flexibility index (Phi) is 7.24. The number of aliphatic hydroxyl groups excluding tert-OH is 1. The topological polar surface area (TPSA) is 74.6 Å². The quantitative estimate of drug-likeness (QED) is 0.615. The van der Waals surface area contributed by atoms with Crippen molar-refractivity contribution in [2.75, 3.05) is 0 Å². The molecule has 2 N–H and O–H groups in total. The Morgan fingerprint density at radius 1 is 1.17 bits per heavy atom. The molecule has 3 atom stereocenters. The minimum atomic E-state index is -0.941. The Bertz CT molecular complexity index is 888. The SMILES string of the molecule is O=C(O)c1ccc(CC[C@H]2C(=O)CC[C@@H]2C=CC(O)Cc2cccc(Cl)c2)cc1. The zero-order valence-electron chi connectivity index (χ0n) is 16.1. The van der Waals surface area contributed by atoms with Gasteiger partial charge in [-0.15, -0.1) is 0 Å². The third-order valence-corrected chi connectivity index (χ3v) is 5.75. The number of aliphatic hydroxyl groups is 1. The molecule has 1 saturated carbocycles. The van der Waals surface area contributed by atoms with E-state index < -0.39 is 12.1 Å². The van der Waals surface area contributed by atoms with Crippen molar-refractivity contribution in [1.29, 1.82) is 0 Å². The van der Waals surface area contributed by atoms with Crippen LogP contribution in [0.3, 0.4) is 0 Å². The predicted octanol–water partition coefficient (Wildman–Crippen LogP) is 4.73. The first-order valence-electron chi connectivity index (χ1n) is 9.88. The van der Waals surface area contributed by atoms with Gasteiger partial charge in [-0.05, 0) is 60.6 Å². The van der Waals surface area contributed by atoms with Gasteiger partial charge in [0.05, 0.1) is 11.7 Å². The Balaban J connectivity index is 1.56. The maximum Gasteiger partial charge on any atom is 0.335 e. The van der Waals surface area contributed by atoms with Crippen LogP contribution in [0.1, 0.15) is 40.7 Å². The third-order valence-electron chi connectivity index (χ3n) is 5.51. The number of hydrogen-bond donors (Lipinski definition) is 2. The van der Waals surface area contributed by atoms with E-state index in [1.165, 1.54) is 0 Å². The summed E-state index contributed by atoms with van der Waals surface area (Å²) in [7, 11) is 0. The minimum absolute atomic E-state index is 0.0521. The Labute approximate surface area is 175 Å². The van der Waals surface area contributed by atoms with E-state index in [0.717, 1.165) is 30.4 Å². The van der Waals surface area contributed by atoms with Crippen molar-refractivity contribution in [2.45, 2.75) is 38.2 Å². The first-order chi connectivity index (χ1) is 13.9. The molecule has 3 rings (SSSR count). The normalized spacial score (nSPS) is 20.3. The number of carbonyl (C=O) groups is 2. The number of halogens is 1. The summed E-state index contributed by atoms with van der Waals surface area (Å²) in [4.78, 5) is 23.3. The second-order valence-corrected chi connectivity index (χ2v) is 8.04. The molecule has 0 aromatic heterocycles. The van der Waals surface area contributed by atoms with Crippen molar-refractivity contribution < 1.29 is 19.8 Å². The number of aryl methyl sites for hydroxylation is 1. The highest BCUT2D eigenvalue weighted by Gasteiger charge is 2.32. The largest absolute Gasteiger partial charge is 0.478 e. The zero-order chi connectivity index (χ0) is 20.8. The minimum Gasteiger partial charge on any atom is -0.478 e. The average Bonchev–Trinajstić information content (AvgIpc) is 3.04. The van der Waals surface area contributed by atoms with E-state index in [4.69, 9.17) is 16.7 Å². The van der Waals surface area contributed by atoms with Crippen molar-refractivity contribution in [3.63, 3.8) is 0 Å². The highest BCUT2D eigenvalue weighted by molar-refractivity contribution is 6.30. The van der Waals surface area contributed by atoms with Crippen molar-refractivity contribution in [1.82, 2.24) is 0 Å². The molecule has 0 amide bonds. The summed E-state index contributed by atoms with van der Waals surface area (Å²) in [5.41, 5.74) is 2.26. The first kappa shape index (κ1) is 21.3. The fourth-order valence-electron chi connectivity index (χ4n) is 3.92. The number of carboxylic acids is 1. The molecule has 29 heavy (non-hydrogen) atoms. The Morgan fingerprint density at radius 3 is 2.62 bits per heavy atom. The van der Waals surface area contributed by atoms with Gasteiger partial charge in [0.2, 0.25) is 0 Å². The van der Waals surface area contributed by atoms with E-state index in [0.29, 0.717) is 17.9 Å². The van der Waals surface area contributed by atoms with Gasteiger partial charge in [-0.25, -0.2) is 4.79 Å². The molecule has 1 unspecified atom stereocenters. The predicted molar refractivity (Wildman–Crippen MR) is 113 cm³/mol. The molecule has 0 aliphatic heterocycles. The van der Waals surface area contributed by atoms with Crippen LogP contribution < -0.4 is 0 Å². The van der Waals surface area contributed by atoms with Gasteiger partial charge in [0.1, 0.15) is 5.78 Å². The Morgan fingerprint density at radius 2 is 1.93 bits per heavy atom. The van der Waals surface area contributed by atoms with Crippen LogP contribution in [0.15, 0.2) is 60.7 Å². The molecule has 0 heterocycles. The van der Waals surface area contributed by atoms with E-state index in [1.807, 2.05) is 36.4 Å². The standard InChI is InChI=1S/C24H25ClO4/c25-20-3-1-2-17(14-20)15-21(26)11-9-18-10-13-23(27)22(18)12-6-16-4-7-19(8-5-16)24(28)29/h1-5,7-9,11,14,18,21-22,26H,6,10,12-13,15H2,(H,28,29)/t18-,21?,22+/m0/s1. The van der Waals surface area contributed by atoms with Crippen molar-refractivity contribution in [3.8, 4) is 0 Å². The fraction of sp³-hybridized carbons (Fsp3) is 0.333. The lowest BCUT2D eigenvalue weighted by molar-refractivity contribution is -0.121. The molecule has 0 radical (unpaired) electrons. The van der Waals surface area contributed by atoms with Crippen LogP contribution in [0.5, 0.6) is 0 Å². The molecule has 4 nitrogen and oxygen atoms in total. The van der Waals surface area contributed by atoms with E-state index in [1.54, 1.807) is 24.3 Å². The summed E-state index contributed by atoms with van der Waals surface area (Å²) >= 11 is 5.99. The van der Waals surface area contributed by atoms with E-state index in [9.17, 15) is 14.7 Å². The van der Waals surface area contributed by atoms with E-state index in [2.05, 4.69) is 0 Å². The smallest absolute Gasteiger partial charge is 0.335 e. The molecule has 1 aliphatic rings. The van der Waals surface area contributed by atoms with Gasteiger partial charge in [0.15, 0.2) is 0 Å². The summed E-state index contributed by atoms with van der Waals surface area (Å²) in [6, 6.07) is 14.2. The summed E-state index contributed by atoms with van der Waals surface area (Å²) < 4.78 is 0. The van der Waals surface area contributed by atoms with Crippen molar-refractivity contribution in [2.24, 2.45) is 11.8 Å². The second-order valence-electron chi connectivity index (χ2n) is 7.60. The van der Waals surface area contributed by atoms with Gasteiger partial charge in [-0.3, -0.25) is 4.79 Å². The fourth-order valence-corrected chi connectivity index (χ4v) is 4.13. The van der Waals surface area contributed by atoms with Gasteiger partial charge < -0.3 is 10.2 Å². The summed E-state index contributed by atoms with van der Waals surface area (Å²) in [5.74, 6) is -0.589. The molecule has 0 bridgehead atoms. The molecule has 0 saturated heterocycles. The lowest BCUT2D eigenvalue weighted by atomic mass is 9.88. The molecule has 1 aliphatic carbocycles. The molecular formula is C24H25ClO4. The van der Waals surface area contributed by atoms with Crippen LogP contribution >= 0.6 is 11.6 Å². The molecule has 152 valence electrons. The van der Waals surface area contributed by atoms with Gasteiger partial charge in [0.25, 0.3) is 0 Å². The first-order valence-corrected chi connectivity index (χ1v) is 10.3. The molecule has 2 aromatic carbocycles. The van der Waals surface area contributed by atoms with Crippen LogP contribution in [-0.2, 0) is 17.6 Å². The van der Waals surface area contributed by atoms with Crippen LogP contribution in [-0.4, -0.2) is 28.1 Å². The maximum absolute atomic E-state index is 12.3. The van der Waals surface area contributed by atoms with Crippen molar-refractivity contribution >= 4 is 23.4 Å². The number of aromatic carboxylic acids is 1. The number of hydrogen-bond acceptors (Lipinski definition) is 3. The van der Waals surface area contributed by atoms with Gasteiger partial charge in [0, 0.05) is 23.8 Å². The highest BCUT2D eigenvalue weighted by atomic mass is 35.5. The van der Waals surface area contributed by atoms with Crippen molar-refractivity contribution in [3.05, 3.63) is 82.4 Å². The average molecular weight is 413 g/mol. The molecule has 0 spiro atoms.